The van der Waals surface area contributed by atoms with E-state index in [-0.39, 0.29) is 12.1 Å². The number of amides is 1. The third-order valence-corrected chi connectivity index (χ3v) is 2.34. The zero-order valence-corrected chi connectivity index (χ0v) is 10.6. The Labute approximate surface area is 97.1 Å². The van der Waals surface area contributed by atoms with Crippen LogP contribution in [-0.4, -0.2) is 56.0 Å². The van der Waals surface area contributed by atoms with Crippen molar-refractivity contribution in [2.75, 3.05) is 33.4 Å². The Kier molecular flexibility index (Phi) is 4.56. The van der Waals surface area contributed by atoms with Crippen molar-refractivity contribution in [3.8, 4) is 0 Å². The summed E-state index contributed by atoms with van der Waals surface area (Å²) < 4.78 is 10.5. The zero-order chi connectivity index (χ0) is 12.2. The van der Waals surface area contributed by atoms with E-state index >= 15 is 0 Å². The van der Waals surface area contributed by atoms with Gasteiger partial charge in [0.1, 0.15) is 5.60 Å². The highest BCUT2D eigenvalue weighted by atomic mass is 16.6. The molecule has 0 aromatic heterocycles. The largest absolute Gasteiger partial charge is 0.444 e. The molecule has 1 rings (SSSR count). The van der Waals surface area contributed by atoms with Gasteiger partial charge in [-0.3, -0.25) is 0 Å². The number of carbonyl (C=O) groups is 1. The summed E-state index contributed by atoms with van der Waals surface area (Å²) in [6, 6.07) is 0.0635. The van der Waals surface area contributed by atoms with Crippen LogP contribution in [0.3, 0.4) is 0 Å². The number of piperazine rings is 1. The molecule has 5 nitrogen and oxygen atoms in total. The van der Waals surface area contributed by atoms with Crippen molar-refractivity contribution < 1.29 is 14.3 Å². The molecule has 94 valence electrons. The highest BCUT2D eigenvalue weighted by Crippen LogP contribution is 2.13. The number of nitrogens with one attached hydrogen (secondary N) is 1. The maximum absolute atomic E-state index is 11.9. The Morgan fingerprint density at radius 2 is 2.19 bits per heavy atom. The molecule has 1 amide bonds. The number of rotatable bonds is 2. The monoisotopic (exact) mass is 230 g/mol. The van der Waals surface area contributed by atoms with Crippen LogP contribution in [0.15, 0.2) is 0 Å². The number of hydrogen-bond acceptors (Lipinski definition) is 4. The topological polar surface area (TPSA) is 50.8 Å². The molecule has 0 aliphatic carbocycles. The predicted octanol–water partition coefficient (Wildman–Crippen LogP) is 0.842. The molecule has 1 atom stereocenters. The van der Waals surface area contributed by atoms with Crippen LogP contribution < -0.4 is 5.32 Å². The fourth-order valence-electron chi connectivity index (χ4n) is 1.66. The molecular formula is C11H22N2O3. The average molecular weight is 230 g/mol. The number of nitrogens with zero attached hydrogens (tertiary/aromatic N) is 1. The summed E-state index contributed by atoms with van der Waals surface area (Å²) in [6.07, 6.45) is -0.254. The van der Waals surface area contributed by atoms with Crippen LogP contribution in [0.5, 0.6) is 0 Å². The van der Waals surface area contributed by atoms with Gasteiger partial charge in [-0.15, -0.1) is 0 Å². The van der Waals surface area contributed by atoms with Gasteiger partial charge in [0, 0.05) is 26.7 Å². The third-order valence-electron chi connectivity index (χ3n) is 2.34. The Bertz CT molecular complexity index is 236. The molecule has 1 aliphatic rings. The van der Waals surface area contributed by atoms with Gasteiger partial charge in [-0.05, 0) is 20.8 Å². The van der Waals surface area contributed by atoms with Gasteiger partial charge in [-0.2, -0.15) is 0 Å². The number of methoxy groups -OCH3 is 1. The van der Waals surface area contributed by atoms with E-state index in [1.807, 2.05) is 20.8 Å². The van der Waals surface area contributed by atoms with Crippen LogP contribution in [0.2, 0.25) is 0 Å². The van der Waals surface area contributed by atoms with Crippen LogP contribution in [0.25, 0.3) is 0 Å². The number of carbonyl (C=O) groups excluding carboxylic acids is 1. The second kappa shape index (κ2) is 5.50. The summed E-state index contributed by atoms with van der Waals surface area (Å²) >= 11 is 0. The van der Waals surface area contributed by atoms with Crippen LogP contribution in [0.1, 0.15) is 20.8 Å². The first-order valence-corrected chi connectivity index (χ1v) is 5.63. The van der Waals surface area contributed by atoms with Crippen molar-refractivity contribution >= 4 is 6.09 Å². The van der Waals surface area contributed by atoms with Crippen molar-refractivity contribution in [2.24, 2.45) is 0 Å². The highest BCUT2D eigenvalue weighted by molar-refractivity contribution is 5.68. The minimum atomic E-state index is -0.445. The summed E-state index contributed by atoms with van der Waals surface area (Å²) in [5, 5.41) is 3.24. The van der Waals surface area contributed by atoms with Crippen LogP contribution >= 0.6 is 0 Å². The lowest BCUT2D eigenvalue weighted by atomic mass is 10.2. The first-order chi connectivity index (χ1) is 7.44. The molecule has 0 saturated carbocycles. The summed E-state index contributed by atoms with van der Waals surface area (Å²) in [7, 11) is 1.64. The summed E-state index contributed by atoms with van der Waals surface area (Å²) in [5.74, 6) is 0. The van der Waals surface area contributed by atoms with Gasteiger partial charge in [0.15, 0.2) is 0 Å². The van der Waals surface area contributed by atoms with E-state index in [4.69, 9.17) is 9.47 Å². The maximum Gasteiger partial charge on any atom is 0.410 e. The third kappa shape index (κ3) is 3.98. The molecule has 0 unspecified atom stereocenters. The molecule has 0 radical (unpaired) electrons. The highest BCUT2D eigenvalue weighted by Gasteiger charge is 2.30. The van der Waals surface area contributed by atoms with E-state index in [2.05, 4.69) is 5.32 Å². The van der Waals surface area contributed by atoms with Gasteiger partial charge in [0.25, 0.3) is 0 Å². The van der Waals surface area contributed by atoms with E-state index in [9.17, 15) is 4.79 Å². The fraction of sp³-hybridized carbons (Fsp3) is 0.909. The van der Waals surface area contributed by atoms with Crippen LogP contribution in [0, 0.1) is 0 Å². The lowest BCUT2D eigenvalue weighted by molar-refractivity contribution is 0.000854. The summed E-state index contributed by atoms with van der Waals surface area (Å²) in [4.78, 5) is 13.7. The molecule has 0 aromatic carbocycles. The maximum atomic E-state index is 11.9. The molecule has 0 spiro atoms. The molecule has 16 heavy (non-hydrogen) atoms. The molecule has 1 heterocycles. The molecular weight excluding hydrogens is 208 g/mol. The molecule has 1 fully saturated rings. The molecule has 5 heteroatoms. The van der Waals surface area contributed by atoms with Gasteiger partial charge >= 0.3 is 6.09 Å². The van der Waals surface area contributed by atoms with Crippen LogP contribution in [-0.2, 0) is 9.47 Å². The minimum absolute atomic E-state index is 0.0635. The lowest BCUT2D eigenvalue weighted by Crippen LogP contribution is -2.56. The smallest absolute Gasteiger partial charge is 0.410 e. The van der Waals surface area contributed by atoms with Gasteiger partial charge in [0.05, 0.1) is 12.6 Å². The molecule has 1 aliphatic heterocycles. The molecule has 1 N–H and O–H groups in total. The average Bonchev–Trinajstić information content (AvgIpc) is 2.16. The summed E-state index contributed by atoms with van der Waals surface area (Å²) in [6.45, 7) is 8.39. The summed E-state index contributed by atoms with van der Waals surface area (Å²) in [5.41, 5.74) is -0.445. The quantitative estimate of drug-likeness (QED) is 0.764. The van der Waals surface area contributed by atoms with E-state index in [0.717, 1.165) is 13.1 Å². The number of hydrogen-bond donors (Lipinski definition) is 1. The van der Waals surface area contributed by atoms with Gasteiger partial charge in [0.2, 0.25) is 0 Å². The van der Waals surface area contributed by atoms with Crippen LogP contribution in [0.4, 0.5) is 4.79 Å². The molecule has 1 saturated heterocycles. The Hall–Kier alpha value is -0.810. The SMILES string of the molecule is COC[C@H]1CNCCN1C(=O)OC(C)(C)C. The van der Waals surface area contributed by atoms with Crippen molar-refractivity contribution in [1.29, 1.82) is 0 Å². The van der Waals surface area contributed by atoms with E-state index < -0.39 is 5.60 Å². The van der Waals surface area contributed by atoms with Crippen molar-refractivity contribution in [1.82, 2.24) is 10.2 Å². The lowest BCUT2D eigenvalue weighted by Gasteiger charge is -2.36. The standard InChI is InChI=1S/C11H22N2O3/c1-11(2,3)16-10(14)13-6-5-12-7-9(13)8-15-4/h9,12H,5-8H2,1-4H3/t9-/m1/s1. The van der Waals surface area contributed by atoms with E-state index in [1.54, 1.807) is 12.0 Å². The second-order valence-corrected chi connectivity index (χ2v) is 4.99. The first-order valence-electron chi connectivity index (χ1n) is 5.63. The molecule has 0 bridgehead atoms. The predicted molar refractivity (Wildman–Crippen MR) is 61.5 cm³/mol. The van der Waals surface area contributed by atoms with Gasteiger partial charge in [-0.25, -0.2) is 4.79 Å². The fourth-order valence-corrected chi connectivity index (χ4v) is 1.66. The normalized spacial score (nSPS) is 22.0. The van der Waals surface area contributed by atoms with Gasteiger partial charge < -0.3 is 19.7 Å². The minimum Gasteiger partial charge on any atom is -0.444 e. The molecule has 0 aromatic rings. The van der Waals surface area contributed by atoms with E-state index in [1.165, 1.54) is 0 Å². The number of ether oxygens (including phenoxy) is 2. The van der Waals surface area contributed by atoms with Gasteiger partial charge in [-0.1, -0.05) is 0 Å². The van der Waals surface area contributed by atoms with Crippen molar-refractivity contribution in [3.63, 3.8) is 0 Å². The van der Waals surface area contributed by atoms with E-state index in [0.29, 0.717) is 13.2 Å². The first kappa shape index (κ1) is 13.3. The Balaban J connectivity index is 2.57. The zero-order valence-electron chi connectivity index (χ0n) is 10.6. The Morgan fingerprint density at radius 3 is 2.75 bits per heavy atom. The second-order valence-electron chi connectivity index (χ2n) is 4.99. The van der Waals surface area contributed by atoms with Crippen molar-refractivity contribution in [3.05, 3.63) is 0 Å². The Morgan fingerprint density at radius 1 is 1.50 bits per heavy atom. The van der Waals surface area contributed by atoms with Crippen molar-refractivity contribution in [2.45, 2.75) is 32.4 Å².